The molecule has 4 aromatic rings. The highest BCUT2D eigenvalue weighted by atomic mass is 35.5. The molecule has 2 aromatic heterocycles. The van der Waals surface area contributed by atoms with Gasteiger partial charge in [0.05, 0.1) is 11.1 Å². The number of aryl methyl sites for hydroxylation is 1. The fourth-order valence-electron chi connectivity index (χ4n) is 4.90. The maximum absolute atomic E-state index is 13.7. The average Bonchev–Trinajstić information content (AvgIpc) is 3.30. The summed E-state index contributed by atoms with van der Waals surface area (Å²) in [4.78, 5) is 20.6. The average molecular weight is 582 g/mol. The lowest BCUT2D eigenvalue weighted by atomic mass is 10.0. The number of sulfonamides is 1. The number of ether oxygens (including phenoxy) is 1. The Kier molecular flexibility index (Phi) is 7.65. The Morgan fingerprint density at radius 1 is 1.10 bits per heavy atom. The van der Waals surface area contributed by atoms with Gasteiger partial charge in [-0.3, -0.25) is 4.72 Å². The van der Waals surface area contributed by atoms with Gasteiger partial charge in [0.15, 0.2) is 4.21 Å². The topological polar surface area (TPSA) is 96.8 Å². The number of nitrogens with one attached hydrogen (secondary N) is 1. The zero-order valence-electron chi connectivity index (χ0n) is 22.7. The number of hydrogen-bond acceptors (Lipinski definition) is 6. The summed E-state index contributed by atoms with van der Waals surface area (Å²) in [7, 11) is 1.77. The van der Waals surface area contributed by atoms with Crippen LogP contribution >= 0.6 is 11.6 Å². The molecule has 1 N–H and O–H groups in total. The third kappa shape index (κ3) is 5.46. The number of halogens is 1. The number of benzene rings is 2. The first kappa shape index (κ1) is 27.8. The van der Waals surface area contributed by atoms with Crippen LogP contribution in [0.2, 0.25) is 0 Å². The summed E-state index contributed by atoms with van der Waals surface area (Å²) in [5, 5.41) is 0.687. The van der Waals surface area contributed by atoms with Crippen molar-refractivity contribution in [3.63, 3.8) is 0 Å². The van der Waals surface area contributed by atoms with Crippen LogP contribution < -0.4 is 9.62 Å². The highest BCUT2D eigenvalue weighted by Crippen LogP contribution is 2.40. The second-order valence-corrected chi connectivity index (χ2v) is 13.1. The number of fused-ring (bicyclic) bond motifs is 1. The summed E-state index contributed by atoms with van der Waals surface area (Å²) in [5.74, 6) is 0. The van der Waals surface area contributed by atoms with E-state index >= 15 is 0 Å². The number of hydrogen-bond donors (Lipinski definition) is 1. The minimum absolute atomic E-state index is 0.0606. The van der Waals surface area contributed by atoms with Gasteiger partial charge in [-0.15, -0.1) is 0 Å². The summed E-state index contributed by atoms with van der Waals surface area (Å²) in [6.45, 7) is 0.479. The van der Waals surface area contributed by atoms with Crippen LogP contribution in [0.3, 0.4) is 0 Å². The fraction of sp³-hybridized carbons (Fsp3) is 0.310. The second kappa shape index (κ2) is 11.0. The molecule has 1 fully saturated rings. The maximum atomic E-state index is 13.7. The highest BCUT2D eigenvalue weighted by molar-refractivity contribution is 7.95. The summed E-state index contributed by atoms with van der Waals surface area (Å²) in [5.41, 5.74) is 4.74. The first-order valence-electron chi connectivity index (χ1n) is 13.0. The smallest absolute Gasteiger partial charge is 0.410 e. The molecule has 1 aliphatic rings. The van der Waals surface area contributed by atoms with Gasteiger partial charge in [-0.05, 0) is 29.3 Å². The van der Waals surface area contributed by atoms with Crippen LogP contribution in [0.4, 0.5) is 16.2 Å². The number of carbonyl (C=O) groups is 1. The number of carbonyl (C=O) groups excluding carboxylic acids is 1. The van der Waals surface area contributed by atoms with Gasteiger partial charge in [-0.1, -0.05) is 54.1 Å². The van der Waals surface area contributed by atoms with Crippen LogP contribution in [0.1, 0.15) is 18.4 Å². The summed E-state index contributed by atoms with van der Waals surface area (Å²) >= 11 is 6.77. The van der Waals surface area contributed by atoms with E-state index in [0.717, 1.165) is 22.4 Å². The molecule has 11 heteroatoms. The van der Waals surface area contributed by atoms with E-state index in [0.29, 0.717) is 16.7 Å². The number of anilines is 2. The van der Waals surface area contributed by atoms with E-state index in [9.17, 15) is 13.2 Å². The van der Waals surface area contributed by atoms with E-state index in [1.807, 2.05) is 85.3 Å². The van der Waals surface area contributed by atoms with E-state index in [1.54, 1.807) is 12.3 Å². The molecule has 40 heavy (non-hydrogen) atoms. The third-order valence-electron chi connectivity index (χ3n) is 7.23. The van der Waals surface area contributed by atoms with E-state index in [1.165, 1.54) is 4.90 Å². The predicted molar refractivity (Wildman–Crippen MR) is 159 cm³/mol. The zero-order chi connectivity index (χ0) is 28.5. The Hall–Kier alpha value is -3.76. The van der Waals surface area contributed by atoms with Crippen molar-refractivity contribution in [2.75, 3.05) is 36.8 Å². The molecule has 0 aliphatic carbocycles. The van der Waals surface area contributed by atoms with Gasteiger partial charge in [0, 0.05) is 70.7 Å². The van der Waals surface area contributed by atoms with Crippen molar-refractivity contribution in [1.82, 2.24) is 14.5 Å². The number of aromatic nitrogens is 2. The Morgan fingerprint density at radius 3 is 2.52 bits per heavy atom. The molecule has 0 saturated carbocycles. The normalized spacial score (nSPS) is 15.2. The molecule has 0 atom stereocenters. The van der Waals surface area contributed by atoms with Crippen LogP contribution in [0.25, 0.3) is 22.2 Å². The molecule has 9 nitrogen and oxygen atoms in total. The predicted octanol–water partition coefficient (Wildman–Crippen LogP) is 5.42. The van der Waals surface area contributed by atoms with Crippen molar-refractivity contribution >= 4 is 50.1 Å². The van der Waals surface area contributed by atoms with E-state index in [4.69, 9.17) is 16.3 Å². The van der Waals surface area contributed by atoms with Crippen molar-refractivity contribution in [3.05, 3.63) is 78.6 Å². The number of alkyl halides is 1. The third-order valence-corrected chi connectivity index (χ3v) is 10.1. The Morgan fingerprint density at radius 2 is 1.82 bits per heavy atom. The Balaban J connectivity index is 1.35. The molecule has 1 saturated heterocycles. The highest BCUT2D eigenvalue weighted by Gasteiger charge is 2.46. The molecule has 5 rings (SSSR count). The number of pyridine rings is 1. The Bertz CT molecular complexity index is 1630. The van der Waals surface area contributed by atoms with Gasteiger partial charge in [0.2, 0.25) is 0 Å². The zero-order valence-corrected chi connectivity index (χ0v) is 24.2. The molecular weight excluding hydrogens is 550 g/mol. The van der Waals surface area contributed by atoms with E-state index in [-0.39, 0.29) is 32.5 Å². The lowest BCUT2D eigenvalue weighted by Crippen LogP contribution is -2.49. The van der Waals surface area contributed by atoms with Crippen LogP contribution in [-0.2, 0) is 28.4 Å². The number of piperidine rings is 1. The van der Waals surface area contributed by atoms with Crippen molar-refractivity contribution in [3.8, 4) is 11.1 Å². The monoisotopic (exact) mass is 581 g/mol. The van der Waals surface area contributed by atoms with E-state index in [2.05, 4.69) is 15.8 Å². The standard InChI is InChI=1S/C29H32ClN5O4S/c1-33(2)23-11-7-10-22(18-23)24-19-34(3)27-26(24)25(12-15-31-27)32-40(37,38)29(30)13-16-35(17-14-29)28(36)39-20-21-8-5-4-6-9-21/h4-12,15,18-19H,13-14,16-17,20H2,1-3H3,(H,31,32). The van der Waals surface area contributed by atoms with Gasteiger partial charge in [-0.2, -0.15) is 0 Å². The minimum Gasteiger partial charge on any atom is -0.445 e. The van der Waals surface area contributed by atoms with Gasteiger partial charge >= 0.3 is 6.09 Å². The van der Waals surface area contributed by atoms with Crippen LogP contribution in [0.15, 0.2) is 73.1 Å². The van der Waals surface area contributed by atoms with Crippen molar-refractivity contribution in [2.45, 2.75) is 23.7 Å². The van der Waals surface area contributed by atoms with Gasteiger partial charge in [0.25, 0.3) is 10.0 Å². The molecule has 0 spiro atoms. The van der Waals surface area contributed by atoms with Crippen molar-refractivity contribution < 1.29 is 17.9 Å². The first-order valence-corrected chi connectivity index (χ1v) is 14.8. The fourth-order valence-corrected chi connectivity index (χ4v) is 6.54. The molecule has 0 unspecified atom stereocenters. The number of likely N-dealkylation sites (tertiary alicyclic amines) is 1. The summed E-state index contributed by atoms with van der Waals surface area (Å²) in [6, 6.07) is 19.1. The second-order valence-electron chi connectivity index (χ2n) is 10.2. The molecule has 2 aromatic carbocycles. The SMILES string of the molecule is CN(C)c1cccc(-c2cn(C)c3nccc(NS(=O)(=O)C4(Cl)CCN(C(=O)OCc5ccccc5)CC4)c23)c1. The molecule has 3 heterocycles. The van der Waals surface area contributed by atoms with Crippen molar-refractivity contribution in [1.29, 1.82) is 0 Å². The maximum Gasteiger partial charge on any atom is 0.410 e. The van der Waals surface area contributed by atoms with Crippen LogP contribution in [0.5, 0.6) is 0 Å². The molecule has 0 bridgehead atoms. The first-order chi connectivity index (χ1) is 19.1. The van der Waals surface area contributed by atoms with Crippen LogP contribution in [0, 0.1) is 0 Å². The minimum atomic E-state index is -4.05. The van der Waals surface area contributed by atoms with Gasteiger partial charge < -0.3 is 19.1 Å². The lowest BCUT2D eigenvalue weighted by Gasteiger charge is -2.36. The van der Waals surface area contributed by atoms with Crippen molar-refractivity contribution in [2.24, 2.45) is 7.05 Å². The number of amides is 1. The summed E-state index contributed by atoms with van der Waals surface area (Å²) < 4.78 is 35.9. The van der Waals surface area contributed by atoms with E-state index < -0.39 is 20.3 Å². The van der Waals surface area contributed by atoms with Crippen LogP contribution in [-0.4, -0.2) is 60.4 Å². The largest absolute Gasteiger partial charge is 0.445 e. The molecule has 210 valence electrons. The molecular formula is C29H32ClN5O4S. The molecule has 1 aliphatic heterocycles. The quantitative estimate of drug-likeness (QED) is 0.293. The lowest BCUT2D eigenvalue weighted by molar-refractivity contribution is 0.0883. The Labute approximate surface area is 239 Å². The number of nitrogens with zero attached hydrogens (tertiary/aromatic N) is 4. The molecule has 0 radical (unpaired) electrons. The summed E-state index contributed by atoms with van der Waals surface area (Å²) in [6.07, 6.45) is 3.15. The molecule has 1 amide bonds. The number of rotatable bonds is 7. The van der Waals surface area contributed by atoms with Gasteiger partial charge in [0.1, 0.15) is 12.3 Å². The van der Waals surface area contributed by atoms with Gasteiger partial charge in [-0.25, -0.2) is 18.2 Å².